The molecule has 1 heterocycles. The van der Waals surface area contributed by atoms with E-state index in [0.717, 1.165) is 18.2 Å². The topological polar surface area (TPSA) is 35.5 Å². The van der Waals surface area contributed by atoms with E-state index in [-0.39, 0.29) is 25.5 Å². The molecule has 2 N–H and O–H groups in total. The van der Waals surface area contributed by atoms with Gasteiger partial charge in [-0.05, 0) is 18.2 Å². The smallest absolute Gasteiger partial charge is 0.290 e. The van der Waals surface area contributed by atoms with Crippen molar-refractivity contribution in [3.8, 4) is 0 Å². The summed E-state index contributed by atoms with van der Waals surface area (Å²) in [5, 5.41) is 11.9. The molecule has 0 amide bonds. The number of nitrogens with zero attached hydrogens (tertiary/aromatic N) is 1. The van der Waals surface area contributed by atoms with Gasteiger partial charge in [-0.1, -0.05) is 0 Å². The molecule has 2 rings (SSSR count). The molecule has 0 aromatic heterocycles. The summed E-state index contributed by atoms with van der Waals surface area (Å²) < 4.78 is 55.1. The Kier molecular flexibility index (Phi) is 6.40. The molecule has 0 saturated carbocycles. The van der Waals surface area contributed by atoms with Crippen molar-refractivity contribution in [1.29, 1.82) is 0 Å². The summed E-state index contributed by atoms with van der Waals surface area (Å²) in [6.45, 7) is 0.0911. The van der Waals surface area contributed by atoms with Crippen LogP contribution in [0.5, 0.6) is 0 Å². The molecule has 1 aliphatic heterocycles. The largest absolute Gasteiger partial charge is 0.390 e. The van der Waals surface area contributed by atoms with Gasteiger partial charge in [0.1, 0.15) is 24.3 Å². The monoisotopic (exact) mass is 328 g/mol. The zero-order valence-electron chi connectivity index (χ0n) is 11.2. The van der Waals surface area contributed by atoms with E-state index in [0.29, 0.717) is 13.1 Å². The Morgan fingerprint density at radius 3 is 2.43 bits per heavy atom. The second-order valence-corrected chi connectivity index (χ2v) is 4.77. The van der Waals surface area contributed by atoms with Gasteiger partial charge in [-0.15, -0.1) is 12.4 Å². The number of aliphatic hydroxyl groups is 1. The third-order valence-electron chi connectivity index (χ3n) is 3.38. The van der Waals surface area contributed by atoms with Crippen LogP contribution in [0.15, 0.2) is 18.2 Å². The lowest BCUT2D eigenvalue weighted by Crippen LogP contribution is -2.51. The first-order valence-corrected chi connectivity index (χ1v) is 6.34. The van der Waals surface area contributed by atoms with E-state index in [1.807, 2.05) is 0 Å². The minimum Gasteiger partial charge on any atom is -0.390 e. The fraction of sp³-hybridized carbons (Fsp3) is 0.538. The third-order valence-corrected chi connectivity index (χ3v) is 3.38. The Morgan fingerprint density at radius 1 is 1.24 bits per heavy atom. The van der Waals surface area contributed by atoms with Crippen LogP contribution in [0.1, 0.15) is 11.6 Å². The van der Waals surface area contributed by atoms with Gasteiger partial charge in [0.15, 0.2) is 0 Å². The summed E-state index contributed by atoms with van der Waals surface area (Å²) in [5.41, 5.74) is -0.425. The van der Waals surface area contributed by atoms with Gasteiger partial charge in [-0.3, -0.25) is 4.90 Å². The van der Waals surface area contributed by atoms with E-state index in [4.69, 9.17) is 5.11 Å². The summed E-state index contributed by atoms with van der Waals surface area (Å²) in [6.07, 6.45) is 0. The zero-order valence-corrected chi connectivity index (χ0v) is 12.0. The van der Waals surface area contributed by atoms with E-state index in [2.05, 4.69) is 5.32 Å². The maximum absolute atomic E-state index is 14.0. The SMILES string of the molecule is Cl.OCC(F)(F)[C@@H](c1cc(F)ccc1F)N1CCNCC1. The van der Waals surface area contributed by atoms with E-state index in [1.165, 1.54) is 4.90 Å². The molecule has 8 heteroatoms. The highest BCUT2D eigenvalue weighted by molar-refractivity contribution is 5.85. The molecule has 1 aromatic rings. The molecule has 1 atom stereocenters. The average Bonchev–Trinajstić information content (AvgIpc) is 2.44. The first-order valence-electron chi connectivity index (χ1n) is 6.34. The van der Waals surface area contributed by atoms with Crippen molar-refractivity contribution in [2.45, 2.75) is 12.0 Å². The Balaban J connectivity index is 0.00000220. The second kappa shape index (κ2) is 7.40. The van der Waals surface area contributed by atoms with Gasteiger partial charge in [-0.2, -0.15) is 0 Å². The molecule has 120 valence electrons. The standard InChI is InChI=1S/C13H16F4N2O.ClH/c14-9-1-2-11(15)10(7-9)12(13(16,17)8-20)19-5-3-18-4-6-19;/h1-2,7,12,18,20H,3-6,8H2;1H/t12-;/m1./s1. The number of hydrogen-bond donors (Lipinski definition) is 2. The molecule has 1 aliphatic rings. The van der Waals surface area contributed by atoms with Gasteiger partial charge in [0.2, 0.25) is 0 Å². The molecular formula is C13H17ClF4N2O. The predicted molar refractivity (Wildman–Crippen MR) is 72.8 cm³/mol. The van der Waals surface area contributed by atoms with Gasteiger partial charge in [-0.25, -0.2) is 17.6 Å². The van der Waals surface area contributed by atoms with Gasteiger partial charge in [0.25, 0.3) is 5.92 Å². The van der Waals surface area contributed by atoms with E-state index in [9.17, 15) is 17.6 Å². The van der Waals surface area contributed by atoms with Crippen LogP contribution in [-0.2, 0) is 0 Å². The molecule has 1 aromatic carbocycles. The lowest BCUT2D eigenvalue weighted by molar-refractivity contribution is -0.119. The van der Waals surface area contributed by atoms with Crippen molar-refractivity contribution in [2.24, 2.45) is 0 Å². The maximum Gasteiger partial charge on any atom is 0.290 e. The molecular weight excluding hydrogens is 312 g/mol. The van der Waals surface area contributed by atoms with Crippen molar-refractivity contribution in [3.05, 3.63) is 35.4 Å². The summed E-state index contributed by atoms with van der Waals surface area (Å²) >= 11 is 0. The fourth-order valence-corrected chi connectivity index (χ4v) is 2.44. The second-order valence-electron chi connectivity index (χ2n) is 4.77. The highest BCUT2D eigenvalue weighted by atomic mass is 35.5. The Hall–Kier alpha value is -0.890. The number of piperazine rings is 1. The zero-order chi connectivity index (χ0) is 14.8. The summed E-state index contributed by atoms with van der Waals surface area (Å²) in [6, 6.07) is 0.800. The molecule has 1 fully saturated rings. The molecule has 0 radical (unpaired) electrons. The highest BCUT2D eigenvalue weighted by Gasteiger charge is 2.45. The quantitative estimate of drug-likeness (QED) is 0.830. The van der Waals surface area contributed by atoms with Crippen LogP contribution in [0, 0.1) is 11.6 Å². The summed E-state index contributed by atoms with van der Waals surface area (Å²) in [7, 11) is 0. The molecule has 0 unspecified atom stereocenters. The summed E-state index contributed by atoms with van der Waals surface area (Å²) in [5.74, 6) is -5.23. The van der Waals surface area contributed by atoms with E-state index >= 15 is 0 Å². The van der Waals surface area contributed by atoms with Crippen LogP contribution in [0.3, 0.4) is 0 Å². The molecule has 1 saturated heterocycles. The minimum atomic E-state index is -3.55. The highest BCUT2D eigenvalue weighted by Crippen LogP contribution is 2.37. The summed E-state index contributed by atoms with van der Waals surface area (Å²) in [4.78, 5) is 1.37. The number of aliphatic hydroxyl groups excluding tert-OH is 1. The Morgan fingerprint density at radius 2 is 1.86 bits per heavy atom. The fourth-order valence-electron chi connectivity index (χ4n) is 2.44. The first-order chi connectivity index (χ1) is 9.45. The van der Waals surface area contributed by atoms with Crippen LogP contribution in [0.2, 0.25) is 0 Å². The lowest BCUT2D eigenvalue weighted by Gasteiger charge is -2.38. The number of hydrogen-bond acceptors (Lipinski definition) is 3. The van der Waals surface area contributed by atoms with Gasteiger partial charge in [0, 0.05) is 31.7 Å². The van der Waals surface area contributed by atoms with Crippen LogP contribution in [-0.4, -0.2) is 48.7 Å². The number of alkyl halides is 2. The van der Waals surface area contributed by atoms with Crippen LogP contribution in [0.4, 0.5) is 17.6 Å². The van der Waals surface area contributed by atoms with Gasteiger partial charge < -0.3 is 10.4 Å². The average molecular weight is 329 g/mol. The molecule has 0 aliphatic carbocycles. The van der Waals surface area contributed by atoms with E-state index in [1.54, 1.807) is 0 Å². The van der Waals surface area contributed by atoms with Crippen molar-refractivity contribution >= 4 is 12.4 Å². The molecule has 21 heavy (non-hydrogen) atoms. The third kappa shape index (κ3) is 4.06. The normalized spacial score (nSPS) is 18.1. The van der Waals surface area contributed by atoms with Crippen molar-refractivity contribution in [2.75, 3.05) is 32.8 Å². The van der Waals surface area contributed by atoms with Gasteiger partial charge >= 0.3 is 0 Å². The number of nitrogens with one attached hydrogen (secondary N) is 1. The van der Waals surface area contributed by atoms with Crippen LogP contribution < -0.4 is 5.32 Å². The molecule has 3 nitrogen and oxygen atoms in total. The van der Waals surface area contributed by atoms with Crippen LogP contribution in [0.25, 0.3) is 0 Å². The minimum absolute atomic E-state index is 0. The van der Waals surface area contributed by atoms with Crippen molar-refractivity contribution < 1.29 is 22.7 Å². The molecule has 0 bridgehead atoms. The Bertz CT molecular complexity index is 469. The van der Waals surface area contributed by atoms with Crippen molar-refractivity contribution in [1.82, 2.24) is 10.2 Å². The Labute approximate surface area is 126 Å². The number of benzene rings is 1. The maximum atomic E-state index is 14.0. The lowest BCUT2D eigenvalue weighted by atomic mass is 9.97. The van der Waals surface area contributed by atoms with Gasteiger partial charge in [0.05, 0.1) is 0 Å². The number of halogens is 5. The van der Waals surface area contributed by atoms with Crippen LogP contribution >= 0.6 is 12.4 Å². The van der Waals surface area contributed by atoms with Crippen molar-refractivity contribution in [3.63, 3.8) is 0 Å². The molecule has 0 spiro atoms. The predicted octanol–water partition coefficient (Wildman–Crippen LogP) is 1.96. The first kappa shape index (κ1) is 18.2. The number of rotatable bonds is 4. The van der Waals surface area contributed by atoms with E-state index < -0.39 is 35.8 Å².